The zero-order valence-corrected chi connectivity index (χ0v) is 9.44. The van der Waals surface area contributed by atoms with Crippen LogP contribution < -0.4 is 10.4 Å². The van der Waals surface area contributed by atoms with Gasteiger partial charge in [-0.15, -0.1) is 0 Å². The Labute approximate surface area is 92.7 Å². The molecule has 5 heteroatoms. The number of hydrogen-bond donors (Lipinski definition) is 1. The number of aryl methyl sites for hydroxylation is 2. The van der Waals surface area contributed by atoms with E-state index in [4.69, 9.17) is 4.74 Å². The Kier molecular flexibility index (Phi) is 2.52. The molecule has 1 N–H and O–H groups in total. The summed E-state index contributed by atoms with van der Waals surface area (Å²) in [5.41, 5.74) is 1.55. The van der Waals surface area contributed by atoms with Crippen LogP contribution in [0.4, 0.5) is 0 Å². The van der Waals surface area contributed by atoms with Gasteiger partial charge in [-0.05, 0) is 37.6 Å². The number of rotatable bonds is 2. The van der Waals surface area contributed by atoms with Crippen molar-refractivity contribution < 1.29 is 4.74 Å². The van der Waals surface area contributed by atoms with Crippen molar-refractivity contribution in [2.24, 2.45) is 0 Å². The number of nitrogens with zero attached hydrogens (tertiary/aromatic N) is 2. The van der Waals surface area contributed by atoms with E-state index in [0.717, 1.165) is 17.0 Å². The maximum atomic E-state index is 11.6. The minimum absolute atomic E-state index is 0.231. The molecule has 1 aromatic heterocycles. The molecule has 0 spiro atoms. The van der Waals surface area contributed by atoms with Crippen LogP contribution in [0.3, 0.4) is 0 Å². The lowest BCUT2D eigenvalue weighted by Crippen LogP contribution is -2.16. The van der Waals surface area contributed by atoms with E-state index in [0.29, 0.717) is 5.82 Å². The number of hydrogen-bond acceptors (Lipinski definition) is 3. The summed E-state index contributed by atoms with van der Waals surface area (Å²) in [7, 11) is 1.61. The van der Waals surface area contributed by atoms with E-state index >= 15 is 0 Å². The van der Waals surface area contributed by atoms with Crippen LogP contribution in [-0.4, -0.2) is 21.9 Å². The second kappa shape index (κ2) is 3.84. The molecule has 0 saturated carbocycles. The Morgan fingerprint density at radius 1 is 1.38 bits per heavy atom. The summed E-state index contributed by atoms with van der Waals surface area (Å²) in [6, 6.07) is 5.55. The normalized spacial score (nSPS) is 10.4. The summed E-state index contributed by atoms with van der Waals surface area (Å²) in [5, 5.41) is 6.29. The monoisotopic (exact) mass is 219 g/mol. The Morgan fingerprint density at radius 3 is 2.62 bits per heavy atom. The van der Waals surface area contributed by atoms with E-state index in [9.17, 15) is 4.79 Å². The highest BCUT2D eigenvalue weighted by molar-refractivity contribution is 5.45. The molecule has 0 radical (unpaired) electrons. The molecule has 0 unspecified atom stereocenters. The minimum atomic E-state index is -0.231. The second-order valence-corrected chi connectivity index (χ2v) is 3.56. The van der Waals surface area contributed by atoms with Gasteiger partial charge in [-0.2, -0.15) is 5.10 Å². The van der Waals surface area contributed by atoms with Gasteiger partial charge in [0.25, 0.3) is 0 Å². The highest BCUT2D eigenvalue weighted by atomic mass is 16.5. The van der Waals surface area contributed by atoms with Crippen LogP contribution in [0.25, 0.3) is 5.69 Å². The number of benzene rings is 1. The molecule has 84 valence electrons. The first-order valence-electron chi connectivity index (χ1n) is 4.92. The molecular formula is C11H13N3O2. The number of nitrogens with one attached hydrogen (secondary N) is 1. The molecule has 0 amide bonds. The third kappa shape index (κ3) is 1.60. The first-order chi connectivity index (χ1) is 7.63. The van der Waals surface area contributed by atoms with Crippen LogP contribution in [0.2, 0.25) is 0 Å². The third-order valence-electron chi connectivity index (χ3n) is 2.48. The minimum Gasteiger partial charge on any atom is -0.497 e. The van der Waals surface area contributed by atoms with Gasteiger partial charge in [0.2, 0.25) is 0 Å². The van der Waals surface area contributed by atoms with Crippen LogP contribution in [0.1, 0.15) is 11.4 Å². The zero-order chi connectivity index (χ0) is 11.7. The maximum Gasteiger partial charge on any atom is 0.347 e. The fraction of sp³-hybridized carbons (Fsp3) is 0.273. The van der Waals surface area contributed by atoms with Crippen LogP contribution in [0, 0.1) is 13.8 Å². The van der Waals surface area contributed by atoms with Crippen molar-refractivity contribution in [1.29, 1.82) is 0 Å². The predicted octanol–water partition coefficient (Wildman–Crippen LogP) is 1.19. The second-order valence-electron chi connectivity index (χ2n) is 3.56. The largest absolute Gasteiger partial charge is 0.497 e. The third-order valence-corrected chi connectivity index (χ3v) is 2.48. The number of aromatic amines is 1. The van der Waals surface area contributed by atoms with Gasteiger partial charge in [-0.3, -0.25) is 0 Å². The zero-order valence-electron chi connectivity index (χ0n) is 9.44. The van der Waals surface area contributed by atoms with E-state index in [2.05, 4.69) is 10.2 Å². The van der Waals surface area contributed by atoms with Crippen molar-refractivity contribution >= 4 is 0 Å². The van der Waals surface area contributed by atoms with E-state index < -0.39 is 0 Å². The summed E-state index contributed by atoms with van der Waals surface area (Å²) in [4.78, 5) is 11.6. The lowest BCUT2D eigenvalue weighted by Gasteiger charge is -2.08. The van der Waals surface area contributed by atoms with Gasteiger partial charge >= 0.3 is 5.69 Å². The summed E-state index contributed by atoms with van der Waals surface area (Å²) < 4.78 is 6.65. The number of aromatic nitrogens is 3. The van der Waals surface area contributed by atoms with Gasteiger partial charge in [0, 0.05) is 0 Å². The molecule has 1 aromatic carbocycles. The van der Waals surface area contributed by atoms with Crippen LogP contribution in [0.15, 0.2) is 23.0 Å². The van der Waals surface area contributed by atoms with Crippen molar-refractivity contribution in [3.63, 3.8) is 0 Å². The van der Waals surface area contributed by atoms with Crippen LogP contribution in [0.5, 0.6) is 5.75 Å². The Balaban J connectivity index is 2.61. The van der Waals surface area contributed by atoms with E-state index in [1.54, 1.807) is 14.0 Å². The van der Waals surface area contributed by atoms with Crippen LogP contribution in [-0.2, 0) is 0 Å². The van der Waals surface area contributed by atoms with Gasteiger partial charge in [-0.25, -0.2) is 14.5 Å². The summed E-state index contributed by atoms with van der Waals surface area (Å²) >= 11 is 0. The van der Waals surface area contributed by atoms with Crippen molar-refractivity contribution in [2.45, 2.75) is 13.8 Å². The SMILES string of the molecule is COc1ccc(-n2c(C)n[nH]c2=O)c(C)c1. The Bertz CT molecular complexity index is 569. The Morgan fingerprint density at radius 2 is 2.12 bits per heavy atom. The summed E-state index contributed by atoms with van der Waals surface area (Å²) in [5.74, 6) is 1.41. The van der Waals surface area contributed by atoms with Gasteiger partial charge in [-0.1, -0.05) is 0 Å². The molecule has 2 rings (SSSR count). The summed E-state index contributed by atoms with van der Waals surface area (Å²) in [6.45, 7) is 3.71. The van der Waals surface area contributed by atoms with Crippen molar-refractivity contribution in [3.05, 3.63) is 40.1 Å². The predicted molar refractivity (Wildman–Crippen MR) is 60.2 cm³/mol. The van der Waals surface area contributed by atoms with Gasteiger partial charge < -0.3 is 4.74 Å². The number of ether oxygens (including phenoxy) is 1. The standard InChI is InChI=1S/C11H13N3O2/c1-7-6-9(16-3)4-5-10(7)14-8(2)12-13-11(14)15/h4-6H,1-3H3,(H,13,15). The smallest absolute Gasteiger partial charge is 0.347 e. The van der Waals surface area contributed by atoms with Gasteiger partial charge in [0.1, 0.15) is 11.6 Å². The molecule has 0 aliphatic heterocycles. The lowest BCUT2D eigenvalue weighted by molar-refractivity contribution is 0.414. The average Bonchev–Trinajstić information content (AvgIpc) is 2.59. The highest BCUT2D eigenvalue weighted by Crippen LogP contribution is 2.19. The van der Waals surface area contributed by atoms with Crippen molar-refractivity contribution in [2.75, 3.05) is 7.11 Å². The molecule has 16 heavy (non-hydrogen) atoms. The highest BCUT2D eigenvalue weighted by Gasteiger charge is 2.09. The average molecular weight is 219 g/mol. The van der Waals surface area contributed by atoms with E-state index in [1.807, 2.05) is 25.1 Å². The first kappa shape index (κ1) is 10.5. The molecule has 0 bridgehead atoms. The molecule has 1 heterocycles. The van der Waals surface area contributed by atoms with Crippen molar-refractivity contribution in [3.8, 4) is 11.4 Å². The topological polar surface area (TPSA) is 59.9 Å². The first-order valence-corrected chi connectivity index (χ1v) is 4.92. The Hall–Kier alpha value is -2.04. The summed E-state index contributed by atoms with van der Waals surface area (Å²) in [6.07, 6.45) is 0. The fourth-order valence-corrected chi connectivity index (χ4v) is 1.67. The molecule has 0 fully saturated rings. The quantitative estimate of drug-likeness (QED) is 0.825. The molecule has 0 aliphatic carbocycles. The van der Waals surface area contributed by atoms with Gasteiger partial charge in [0.15, 0.2) is 0 Å². The molecular weight excluding hydrogens is 206 g/mol. The molecule has 0 aliphatic rings. The lowest BCUT2D eigenvalue weighted by atomic mass is 10.2. The maximum absolute atomic E-state index is 11.6. The van der Waals surface area contributed by atoms with Gasteiger partial charge in [0.05, 0.1) is 12.8 Å². The number of H-pyrrole nitrogens is 1. The van der Waals surface area contributed by atoms with Crippen molar-refractivity contribution in [1.82, 2.24) is 14.8 Å². The number of methoxy groups -OCH3 is 1. The molecule has 5 nitrogen and oxygen atoms in total. The van der Waals surface area contributed by atoms with Crippen LogP contribution >= 0.6 is 0 Å². The molecule has 0 atom stereocenters. The molecule has 2 aromatic rings. The fourth-order valence-electron chi connectivity index (χ4n) is 1.67. The van der Waals surface area contributed by atoms with E-state index in [-0.39, 0.29) is 5.69 Å². The molecule has 0 saturated heterocycles. The van der Waals surface area contributed by atoms with E-state index in [1.165, 1.54) is 4.57 Å².